The maximum Gasteiger partial charge on any atom is 0.341 e. The van der Waals surface area contributed by atoms with Gasteiger partial charge in [-0.05, 0) is 51.2 Å². The smallest absolute Gasteiger partial charge is 0.341 e. The molecule has 2 saturated heterocycles. The molecule has 2 aromatic heterocycles. The highest BCUT2D eigenvalue weighted by Crippen LogP contribution is 2.35. The van der Waals surface area contributed by atoms with E-state index in [2.05, 4.69) is 28.9 Å². The number of halogens is 1. The molecule has 35 heavy (non-hydrogen) atoms. The number of rotatable bonds is 6. The van der Waals surface area contributed by atoms with Crippen LogP contribution in [0.1, 0.15) is 23.2 Å². The van der Waals surface area contributed by atoms with Crippen LogP contribution in [0.25, 0.3) is 16.6 Å². The molecule has 9 nitrogen and oxygen atoms in total. The van der Waals surface area contributed by atoms with Crippen molar-refractivity contribution in [1.29, 1.82) is 0 Å². The van der Waals surface area contributed by atoms with Gasteiger partial charge in [0.15, 0.2) is 0 Å². The third-order valence-corrected chi connectivity index (χ3v) is 7.43. The number of aliphatic hydroxyl groups is 1. The summed E-state index contributed by atoms with van der Waals surface area (Å²) in [5.41, 5.74) is 0.967. The van der Waals surface area contributed by atoms with Crippen LogP contribution in [-0.2, 0) is 0 Å². The van der Waals surface area contributed by atoms with Gasteiger partial charge in [-0.15, -0.1) is 0 Å². The van der Waals surface area contributed by atoms with E-state index in [1.54, 1.807) is 10.8 Å². The zero-order chi connectivity index (χ0) is 24.9. The van der Waals surface area contributed by atoms with E-state index in [0.717, 1.165) is 38.3 Å². The Bertz CT molecular complexity index is 1330. The first-order valence-corrected chi connectivity index (χ1v) is 12.0. The van der Waals surface area contributed by atoms with E-state index in [1.807, 2.05) is 23.1 Å². The average Bonchev–Trinajstić information content (AvgIpc) is 3.27. The maximum atomic E-state index is 13.0. The van der Waals surface area contributed by atoms with E-state index in [-0.39, 0.29) is 23.6 Å². The summed E-state index contributed by atoms with van der Waals surface area (Å²) in [5.74, 6) is -0.451. The van der Waals surface area contributed by atoms with Crippen molar-refractivity contribution >= 4 is 40.0 Å². The molecule has 1 atom stereocenters. The van der Waals surface area contributed by atoms with E-state index in [1.165, 1.54) is 12.3 Å². The molecule has 3 aromatic rings. The zero-order valence-corrected chi connectivity index (χ0v) is 20.4. The number of hydrogen-bond donors (Lipinski definition) is 2. The highest BCUT2D eigenvalue weighted by Gasteiger charge is 2.29. The van der Waals surface area contributed by atoms with Crippen molar-refractivity contribution in [3.8, 4) is 5.69 Å². The standard InChI is InChI=1S/C25H28ClN5O4/c1-28(2)17-11-29(12-17)23-6-5-15(10-27-23)31-13-19(25(34)35)24(33)18-8-20(26)22(9-21(18)31)30-7-3-4-16(30)14-32/h5-6,8-10,13,16-17,32H,3-4,7,11-12,14H2,1-2H3,(H,34,35)/t16-/m1/s1. The number of aromatic carboxylic acids is 1. The fourth-order valence-electron chi connectivity index (χ4n) is 4.94. The molecule has 0 bridgehead atoms. The summed E-state index contributed by atoms with van der Waals surface area (Å²) in [6.45, 7) is 2.55. The molecule has 0 amide bonds. The molecule has 0 unspecified atom stereocenters. The topological polar surface area (TPSA) is 102 Å². The van der Waals surface area contributed by atoms with Crippen molar-refractivity contribution in [2.75, 3.05) is 50.1 Å². The fourth-order valence-corrected chi connectivity index (χ4v) is 5.21. The molecule has 184 valence electrons. The number of aliphatic hydroxyl groups excluding tert-OH is 1. The van der Waals surface area contributed by atoms with Crippen molar-refractivity contribution in [3.63, 3.8) is 0 Å². The van der Waals surface area contributed by atoms with Crippen molar-refractivity contribution < 1.29 is 15.0 Å². The molecule has 2 N–H and O–H groups in total. The molecule has 0 aliphatic carbocycles. The molecule has 5 rings (SSSR count). The molecular weight excluding hydrogens is 470 g/mol. The van der Waals surface area contributed by atoms with Crippen LogP contribution in [0.3, 0.4) is 0 Å². The Hall–Kier alpha value is -3.14. The van der Waals surface area contributed by atoms with Crippen LogP contribution in [0.2, 0.25) is 5.02 Å². The van der Waals surface area contributed by atoms with Crippen LogP contribution in [-0.4, -0.2) is 83.1 Å². The number of hydrogen-bond acceptors (Lipinski definition) is 7. The van der Waals surface area contributed by atoms with Gasteiger partial charge in [-0.1, -0.05) is 11.6 Å². The quantitative estimate of drug-likeness (QED) is 0.535. The minimum atomic E-state index is -1.30. The second kappa shape index (κ2) is 9.14. The summed E-state index contributed by atoms with van der Waals surface area (Å²) in [4.78, 5) is 35.9. The SMILES string of the molecule is CN(C)C1CN(c2ccc(-n3cc(C(=O)O)c(=O)c4cc(Cl)c(N5CCC[C@@H]5CO)cc43)cn2)C1. The number of carbonyl (C=O) groups is 1. The average molecular weight is 498 g/mol. The second-order valence-corrected chi connectivity index (χ2v) is 9.84. The fraction of sp³-hybridized carbons (Fsp3) is 0.400. The first kappa shape index (κ1) is 23.6. The summed E-state index contributed by atoms with van der Waals surface area (Å²) < 4.78 is 1.68. The number of likely N-dealkylation sites (N-methyl/N-ethyl adjacent to an activating group) is 1. The Balaban J connectivity index is 1.61. The van der Waals surface area contributed by atoms with Gasteiger partial charge in [0.25, 0.3) is 0 Å². The lowest BCUT2D eigenvalue weighted by Crippen LogP contribution is -2.57. The number of fused-ring (bicyclic) bond motifs is 1. The summed E-state index contributed by atoms with van der Waals surface area (Å²) in [6, 6.07) is 7.57. The van der Waals surface area contributed by atoms with Gasteiger partial charge in [0.2, 0.25) is 5.43 Å². The number of nitrogens with zero attached hydrogens (tertiary/aromatic N) is 5. The second-order valence-electron chi connectivity index (χ2n) is 9.44. The Morgan fingerprint density at radius 1 is 1.26 bits per heavy atom. The van der Waals surface area contributed by atoms with Gasteiger partial charge in [-0.25, -0.2) is 9.78 Å². The summed E-state index contributed by atoms with van der Waals surface area (Å²) in [5, 5.41) is 20.0. The van der Waals surface area contributed by atoms with Gasteiger partial charge in [0.1, 0.15) is 11.4 Å². The van der Waals surface area contributed by atoms with Gasteiger partial charge in [0, 0.05) is 37.3 Å². The van der Waals surface area contributed by atoms with Crippen molar-refractivity contribution in [1.82, 2.24) is 14.5 Å². The minimum Gasteiger partial charge on any atom is -0.477 e. The minimum absolute atomic E-state index is 0.00961. The molecule has 0 spiro atoms. The van der Waals surface area contributed by atoms with E-state index < -0.39 is 11.4 Å². The first-order valence-electron chi connectivity index (χ1n) is 11.7. The highest BCUT2D eigenvalue weighted by molar-refractivity contribution is 6.34. The Morgan fingerprint density at radius 2 is 2.03 bits per heavy atom. The molecule has 2 fully saturated rings. The molecule has 0 saturated carbocycles. The predicted molar refractivity (Wildman–Crippen MR) is 136 cm³/mol. The molecule has 10 heteroatoms. The van der Waals surface area contributed by atoms with E-state index in [4.69, 9.17) is 11.6 Å². The van der Waals surface area contributed by atoms with Gasteiger partial charge in [0.05, 0.1) is 40.8 Å². The summed E-state index contributed by atoms with van der Waals surface area (Å²) in [7, 11) is 4.12. The lowest BCUT2D eigenvalue weighted by molar-refractivity contribution is 0.0695. The molecule has 2 aliphatic heterocycles. The van der Waals surface area contributed by atoms with Crippen LogP contribution in [0.15, 0.2) is 41.5 Å². The molecule has 2 aliphatic rings. The Morgan fingerprint density at radius 3 is 2.66 bits per heavy atom. The van der Waals surface area contributed by atoms with E-state index >= 15 is 0 Å². The van der Waals surface area contributed by atoms with Crippen molar-refractivity contribution in [2.24, 2.45) is 0 Å². The summed E-state index contributed by atoms with van der Waals surface area (Å²) >= 11 is 6.58. The van der Waals surface area contributed by atoms with E-state index in [9.17, 15) is 19.8 Å². The van der Waals surface area contributed by atoms with E-state index in [0.29, 0.717) is 28.0 Å². The summed E-state index contributed by atoms with van der Waals surface area (Å²) in [6.07, 6.45) is 4.82. The highest BCUT2D eigenvalue weighted by atomic mass is 35.5. The largest absolute Gasteiger partial charge is 0.477 e. The Labute approximate surface area is 207 Å². The van der Waals surface area contributed by atoms with Crippen LogP contribution >= 0.6 is 11.6 Å². The first-order chi connectivity index (χ1) is 16.8. The molecular formula is C25H28ClN5O4. The zero-order valence-electron chi connectivity index (χ0n) is 19.7. The number of aromatic nitrogens is 2. The van der Waals surface area contributed by atoms with Gasteiger partial charge >= 0.3 is 5.97 Å². The van der Waals surface area contributed by atoms with Crippen LogP contribution < -0.4 is 15.2 Å². The lowest BCUT2D eigenvalue weighted by Gasteiger charge is -2.43. The Kier molecular flexibility index (Phi) is 6.16. The van der Waals surface area contributed by atoms with Crippen molar-refractivity contribution in [3.05, 3.63) is 57.5 Å². The molecule has 1 aromatic carbocycles. The van der Waals surface area contributed by atoms with Gasteiger partial charge in [-0.3, -0.25) is 4.79 Å². The number of carboxylic acids is 1. The molecule has 0 radical (unpaired) electrons. The number of pyridine rings is 2. The third-order valence-electron chi connectivity index (χ3n) is 7.13. The lowest BCUT2D eigenvalue weighted by atomic mass is 10.1. The number of carboxylic acid groups (broad SMARTS) is 1. The molecule has 4 heterocycles. The predicted octanol–water partition coefficient (Wildman–Crippen LogP) is 2.45. The van der Waals surface area contributed by atoms with Gasteiger partial charge < -0.3 is 29.5 Å². The van der Waals surface area contributed by atoms with Crippen LogP contribution in [0.4, 0.5) is 11.5 Å². The normalized spacial score (nSPS) is 18.5. The van der Waals surface area contributed by atoms with Gasteiger partial charge in [-0.2, -0.15) is 0 Å². The van der Waals surface area contributed by atoms with Crippen LogP contribution in [0, 0.1) is 0 Å². The maximum absolute atomic E-state index is 13.0. The monoisotopic (exact) mass is 497 g/mol. The number of anilines is 2. The third kappa shape index (κ3) is 4.13. The van der Waals surface area contributed by atoms with Crippen molar-refractivity contribution in [2.45, 2.75) is 24.9 Å². The van der Waals surface area contributed by atoms with Crippen LogP contribution in [0.5, 0.6) is 0 Å². The number of benzene rings is 1.